The smallest absolute Gasteiger partial charge is 0.267 e. The molecule has 2 heterocycles. The normalized spacial score (nSPS) is 11.8. The number of hydrogen-bond donors (Lipinski definition) is 0. The molecule has 144 valence electrons. The van der Waals surface area contributed by atoms with E-state index in [2.05, 4.69) is 20.4 Å². The molecule has 0 spiro atoms. The molecule has 0 atom stereocenters. The van der Waals surface area contributed by atoms with Gasteiger partial charge in [-0.2, -0.15) is 9.78 Å². The molecular formula is C21H17ClN6O. The van der Waals surface area contributed by atoms with Crippen molar-refractivity contribution in [2.24, 2.45) is 5.10 Å². The minimum atomic E-state index is -0.248. The first-order chi connectivity index (χ1) is 14.1. The number of hydrogen-bond acceptors (Lipinski definition) is 5. The van der Waals surface area contributed by atoms with Crippen LogP contribution in [0.25, 0.3) is 17.0 Å². The number of fused-ring (bicyclic) bond motifs is 1. The largest absolute Gasteiger partial charge is 0.282 e. The van der Waals surface area contributed by atoms with Crippen LogP contribution >= 0.6 is 11.6 Å². The Hall–Kier alpha value is -3.58. The molecule has 4 aromatic rings. The Morgan fingerprint density at radius 3 is 2.83 bits per heavy atom. The summed E-state index contributed by atoms with van der Waals surface area (Å²) in [5, 5.41) is 13.4. The molecule has 0 radical (unpaired) electrons. The highest BCUT2D eigenvalue weighted by Crippen LogP contribution is 2.15. The van der Waals surface area contributed by atoms with Crippen LogP contribution in [0.4, 0.5) is 0 Å². The van der Waals surface area contributed by atoms with Gasteiger partial charge in [0.05, 0.1) is 23.6 Å². The van der Waals surface area contributed by atoms with Crippen LogP contribution in [0, 0.1) is 6.92 Å². The number of benzene rings is 2. The summed E-state index contributed by atoms with van der Waals surface area (Å²) in [7, 11) is 0. The van der Waals surface area contributed by atoms with E-state index < -0.39 is 0 Å². The van der Waals surface area contributed by atoms with Crippen LogP contribution in [0.2, 0.25) is 5.02 Å². The molecule has 2 aromatic carbocycles. The van der Waals surface area contributed by atoms with Crippen LogP contribution in [0.5, 0.6) is 0 Å². The maximum atomic E-state index is 12.6. The van der Waals surface area contributed by atoms with E-state index in [1.807, 2.05) is 36.5 Å². The molecule has 0 fully saturated rings. The van der Waals surface area contributed by atoms with Gasteiger partial charge >= 0.3 is 0 Å². The molecule has 0 bridgehead atoms. The molecule has 0 aliphatic rings. The fourth-order valence-electron chi connectivity index (χ4n) is 2.88. The zero-order valence-corrected chi connectivity index (χ0v) is 16.4. The second-order valence-corrected chi connectivity index (χ2v) is 6.82. The third kappa shape index (κ3) is 4.30. The van der Waals surface area contributed by atoms with Gasteiger partial charge in [0.1, 0.15) is 11.5 Å². The minimum absolute atomic E-state index is 0.248. The highest BCUT2D eigenvalue weighted by atomic mass is 35.5. The summed E-state index contributed by atoms with van der Waals surface area (Å²) in [5.74, 6) is 0.475. The molecule has 0 saturated heterocycles. The number of halogens is 1. The van der Waals surface area contributed by atoms with Gasteiger partial charge < -0.3 is 0 Å². The predicted octanol–water partition coefficient (Wildman–Crippen LogP) is 3.55. The second-order valence-electron chi connectivity index (χ2n) is 6.39. The van der Waals surface area contributed by atoms with Gasteiger partial charge in [-0.05, 0) is 42.8 Å². The van der Waals surface area contributed by atoms with Gasteiger partial charge in [0, 0.05) is 11.2 Å². The number of rotatable bonds is 5. The van der Waals surface area contributed by atoms with Gasteiger partial charge in [0.15, 0.2) is 0 Å². The molecule has 0 amide bonds. The maximum absolute atomic E-state index is 12.6. The fourth-order valence-corrected chi connectivity index (χ4v) is 3.05. The van der Waals surface area contributed by atoms with Gasteiger partial charge in [-0.25, -0.2) is 9.67 Å². The number of aromatic nitrogens is 5. The van der Waals surface area contributed by atoms with Crippen molar-refractivity contribution in [3.8, 4) is 0 Å². The fraction of sp³-hybridized carbons (Fsp3) is 0.0952. The van der Waals surface area contributed by atoms with Crippen LogP contribution in [0.3, 0.4) is 0 Å². The van der Waals surface area contributed by atoms with Crippen molar-refractivity contribution in [3.05, 3.63) is 93.3 Å². The Morgan fingerprint density at radius 2 is 2.00 bits per heavy atom. The molecular weight excluding hydrogens is 388 g/mol. The van der Waals surface area contributed by atoms with E-state index in [4.69, 9.17) is 11.6 Å². The lowest BCUT2D eigenvalue weighted by molar-refractivity contribution is 0.649. The van der Waals surface area contributed by atoms with Crippen molar-refractivity contribution in [2.75, 3.05) is 0 Å². The molecule has 4 rings (SSSR count). The Balaban J connectivity index is 1.50. The topological polar surface area (TPSA) is 78.0 Å². The zero-order chi connectivity index (χ0) is 20.2. The summed E-state index contributed by atoms with van der Waals surface area (Å²) in [6, 6.07) is 15.0. The van der Waals surface area contributed by atoms with Crippen molar-refractivity contribution in [1.82, 2.24) is 24.7 Å². The van der Waals surface area contributed by atoms with E-state index in [-0.39, 0.29) is 5.56 Å². The van der Waals surface area contributed by atoms with Crippen molar-refractivity contribution < 1.29 is 0 Å². The summed E-state index contributed by atoms with van der Waals surface area (Å²) >= 11 is 5.97. The van der Waals surface area contributed by atoms with Crippen LogP contribution in [-0.4, -0.2) is 30.9 Å². The molecule has 0 aliphatic carbocycles. The molecule has 0 saturated carbocycles. The number of allylic oxidation sites excluding steroid dienone is 1. The highest BCUT2D eigenvalue weighted by Gasteiger charge is 2.07. The Labute approximate surface area is 171 Å². The van der Waals surface area contributed by atoms with E-state index in [9.17, 15) is 4.79 Å². The Morgan fingerprint density at radius 1 is 1.17 bits per heavy atom. The lowest BCUT2D eigenvalue weighted by atomic mass is 10.2. The monoisotopic (exact) mass is 404 g/mol. The quantitative estimate of drug-likeness (QED) is 0.476. The Kier molecular flexibility index (Phi) is 5.31. The summed E-state index contributed by atoms with van der Waals surface area (Å²) in [6.07, 6.45) is 6.84. The minimum Gasteiger partial charge on any atom is -0.267 e. The highest BCUT2D eigenvalue weighted by molar-refractivity contribution is 6.31. The van der Waals surface area contributed by atoms with E-state index in [1.165, 1.54) is 10.9 Å². The van der Waals surface area contributed by atoms with Gasteiger partial charge in [0.2, 0.25) is 0 Å². The SMILES string of the molecule is Cc1nc2cc(Cl)ccc2c(=O)n1/N=C\C=C\c1cn(Cc2ccccc2)nn1. The van der Waals surface area contributed by atoms with Gasteiger partial charge in [0.25, 0.3) is 5.56 Å². The third-order valence-corrected chi connectivity index (χ3v) is 4.49. The van der Waals surface area contributed by atoms with Crippen molar-refractivity contribution in [1.29, 1.82) is 0 Å². The van der Waals surface area contributed by atoms with Crippen molar-refractivity contribution >= 4 is 34.8 Å². The second kappa shape index (κ2) is 8.20. The van der Waals surface area contributed by atoms with Gasteiger partial charge in [-0.3, -0.25) is 4.79 Å². The van der Waals surface area contributed by atoms with E-state index in [1.54, 1.807) is 42.0 Å². The number of nitrogens with zero attached hydrogens (tertiary/aromatic N) is 6. The number of aryl methyl sites for hydroxylation is 1. The lowest BCUT2D eigenvalue weighted by Gasteiger charge is -2.04. The van der Waals surface area contributed by atoms with Crippen LogP contribution in [-0.2, 0) is 6.54 Å². The zero-order valence-electron chi connectivity index (χ0n) is 15.6. The Bertz CT molecular complexity index is 1270. The summed E-state index contributed by atoms with van der Waals surface area (Å²) in [4.78, 5) is 17.0. The summed E-state index contributed by atoms with van der Waals surface area (Å²) in [5.41, 5.74) is 2.15. The summed E-state index contributed by atoms with van der Waals surface area (Å²) in [6.45, 7) is 2.37. The van der Waals surface area contributed by atoms with Crippen LogP contribution < -0.4 is 5.56 Å². The van der Waals surface area contributed by atoms with Crippen molar-refractivity contribution in [3.63, 3.8) is 0 Å². The molecule has 7 nitrogen and oxygen atoms in total. The third-order valence-electron chi connectivity index (χ3n) is 4.25. The summed E-state index contributed by atoms with van der Waals surface area (Å²) < 4.78 is 3.02. The molecule has 0 N–H and O–H groups in total. The van der Waals surface area contributed by atoms with E-state index >= 15 is 0 Å². The molecule has 0 aliphatic heterocycles. The maximum Gasteiger partial charge on any atom is 0.282 e. The predicted molar refractivity (Wildman–Crippen MR) is 114 cm³/mol. The van der Waals surface area contributed by atoms with Gasteiger partial charge in [-0.15, -0.1) is 5.10 Å². The first-order valence-corrected chi connectivity index (χ1v) is 9.32. The average molecular weight is 405 g/mol. The van der Waals surface area contributed by atoms with Crippen LogP contribution in [0.1, 0.15) is 17.1 Å². The average Bonchev–Trinajstić information content (AvgIpc) is 3.15. The molecule has 0 unspecified atom stereocenters. The molecule has 8 heteroatoms. The molecule has 29 heavy (non-hydrogen) atoms. The lowest BCUT2D eigenvalue weighted by Crippen LogP contribution is -2.20. The van der Waals surface area contributed by atoms with Crippen molar-refractivity contribution in [2.45, 2.75) is 13.5 Å². The first kappa shape index (κ1) is 18.8. The van der Waals surface area contributed by atoms with E-state index in [0.29, 0.717) is 34.0 Å². The molecule has 2 aromatic heterocycles. The van der Waals surface area contributed by atoms with E-state index in [0.717, 1.165) is 5.56 Å². The first-order valence-electron chi connectivity index (χ1n) is 8.94. The van der Waals surface area contributed by atoms with Gasteiger partial charge in [-0.1, -0.05) is 47.1 Å². The van der Waals surface area contributed by atoms with Crippen LogP contribution in [0.15, 0.2) is 70.7 Å². The standard InChI is InChI=1S/C21H17ClN6O/c1-15-24-20-12-17(22)9-10-19(20)21(29)28(15)23-11-5-8-18-14-27(26-25-18)13-16-6-3-2-4-7-16/h2-12,14H,13H2,1H3/b8-5+,23-11-.